The van der Waals surface area contributed by atoms with Crippen LogP contribution in [0.1, 0.15) is 29.1 Å². The van der Waals surface area contributed by atoms with E-state index in [2.05, 4.69) is 28.3 Å². The molecule has 3 nitrogen and oxygen atoms in total. The molecule has 1 aromatic carbocycles. The quantitative estimate of drug-likeness (QED) is 0.727. The van der Waals surface area contributed by atoms with Crippen LogP contribution in [0, 0.1) is 13.8 Å². The van der Waals surface area contributed by atoms with E-state index < -0.39 is 0 Å². The van der Waals surface area contributed by atoms with Gasteiger partial charge in [-0.1, -0.05) is 11.6 Å². The van der Waals surface area contributed by atoms with E-state index in [1.54, 1.807) is 11.3 Å². The molecule has 108 valence electrons. The van der Waals surface area contributed by atoms with Gasteiger partial charge in [0.15, 0.2) is 0 Å². The number of nitrogens with one attached hydrogen (secondary N) is 1. The minimum atomic E-state index is 0.154. The van der Waals surface area contributed by atoms with Gasteiger partial charge in [-0.15, -0.1) is 11.3 Å². The van der Waals surface area contributed by atoms with E-state index in [0.717, 1.165) is 32.9 Å². The summed E-state index contributed by atoms with van der Waals surface area (Å²) in [6.45, 7) is 6.18. The van der Waals surface area contributed by atoms with E-state index in [-0.39, 0.29) is 6.04 Å². The average Bonchev–Trinajstić information content (AvgIpc) is 2.89. The molecule has 1 N–H and O–H groups in total. The molecule has 0 fully saturated rings. The summed E-state index contributed by atoms with van der Waals surface area (Å²) in [6.07, 6.45) is 1.81. The SMILES string of the molecule is Cc1ncsc1C(C)Nc1c(Cl)cc(C)c2ncccc12. The van der Waals surface area contributed by atoms with Crippen LogP contribution in [0.5, 0.6) is 0 Å². The summed E-state index contributed by atoms with van der Waals surface area (Å²) in [5.41, 5.74) is 5.94. The van der Waals surface area contributed by atoms with Gasteiger partial charge in [-0.05, 0) is 44.5 Å². The molecular formula is C16H16ClN3S. The number of thiazole rings is 1. The molecule has 5 heteroatoms. The highest BCUT2D eigenvalue weighted by atomic mass is 35.5. The Morgan fingerprint density at radius 2 is 2.10 bits per heavy atom. The Labute approximate surface area is 133 Å². The van der Waals surface area contributed by atoms with Crippen molar-refractivity contribution < 1.29 is 0 Å². The number of nitrogens with zero attached hydrogens (tertiary/aromatic N) is 2. The van der Waals surface area contributed by atoms with Gasteiger partial charge in [-0.2, -0.15) is 0 Å². The molecule has 3 rings (SSSR count). The van der Waals surface area contributed by atoms with Gasteiger partial charge in [0.25, 0.3) is 0 Å². The summed E-state index contributed by atoms with van der Waals surface area (Å²) in [5, 5.41) is 5.30. The van der Waals surface area contributed by atoms with E-state index in [9.17, 15) is 0 Å². The Morgan fingerprint density at radius 1 is 1.29 bits per heavy atom. The van der Waals surface area contributed by atoms with Gasteiger partial charge in [-0.3, -0.25) is 4.98 Å². The van der Waals surface area contributed by atoms with Crippen molar-refractivity contribution in [2.45, 2.75) is 26.8 Å². The summed E-state index contributed by atoms with van der Waals surface area (Å²) in [5.74, 6) is 0. The molecule has 0 bridgehead atoms. The zero-order valence-corrected chi connectivity index (χ0v) is 13.7. The standard InChI is InChI=1S/C16H16ClN3S/c1-9-7-13(17)15(12-5-4-6-18-14(9)12)20-11(3)16-10(2)19-8-21-16/h4-8,11,20H,1-3H3. The lowest BCUT2D eigenvalue weighted by Gasteiger charge is -2.18. The molecule has 1 unspecified atom stereocenters. The summed E-state index contributed by atoms with van der Waals surface area (Å²) >= 11 is 8.11. The van der Waals surface area contributed by atoms with Gasteiger partial charge in [0.2, 0.25) is 0 Å². The second-order valence-corrected chi connectivity index (χ2v) is 6.41. The van der Waals surface area contributed by atoms with Crippen LogP contribution in [0.25, 0.3) is 10.9 Å². The monoisotopic (exact) mass is 317 g/mol. The van der Waals surface area contributed by atoms with E-state index in [1.165, 1.54) is 4.88 Å². The third-order valence-corrected chi connectivity index (χ3v) is 4.98. The van der Waals surface area contributed by atoms with Crippen molar-refractivity contribution in [3.8, 4) is 0 Å². The molecule has 2 aromatic heterocycles. The second-order valence-electron chi connectivity index (χ2n) is 5.12. The van der Waals surface area contributed by atoms with Gasteiger partial charge in [-0.25, -0.2) is 4.98 Å². The smallest absolute Gasteiger partial charge is 0.0798 e. The van der Waals surface area contributed by atoms with E-state index in [4.69, 9.17) is 11.6 Å². The molecule has 21 heavy (non-hydrogen) atoms. The Balaban J connectivity index is 2.07. The molecule has 0 amide bonds. The third kappa shape index (κ3) is 2.61. The van der Waals surface area contributed by atoms with Crippen LogP contribution in [0.2, 0.25) is 5.02 Å². The van der Waals surface area contributed by atoms with Gasteiger partial charge in [0, 0.05) is 16.5 Å². The molecule has 0 saturated heterocycles. The van der Waals surface area contributed by atoms with Crippen LogP contribution in [0.15, 0.2) is 29.9 Å². The number of aromatic nitrogens is 2. The Kier molecular flexibility index (Phi) is 3.83. The van der Waals surface area contributed by atoms with Gasteiger partial charge in [0.1, 0.15) is 0 Å². The summed E-state index contributed by atoms with van der Waals surface area (Å²) < 4.78 is 0. The van der Waals surface area contributed by atoms with Gasteiger partial charge in [0.05, 0.1) is 33.5 Å². The number of hydrogen-bond acceptors (Lipinski definition) is 4. The highest BCUT2D eigenvalue weighted by Gasteiger charge is 2.15. The summed E-state index contributed by atoms with van der Waals surface area (Å²) in [7, 11) is 0. The maximum atomic E-state index is 6.45. The highest BCUT2D eigenvalue weighted by Crippen LogP contribution is 2.35. The normalized spacial score (nSPS) is 12.6. The fourth-order valence-corrected chi connectivity index (χ4v) is 3.67. The number of pyridine rings is 1. The van der Waals surface area contributed by atoms with E-state index in [1.807, 2.05) is 37.7 Å². The van der Waals surface area contributed by atoms with Crippen LogP contribution in [0.4, 0.5) is 5.69 Å². The molecule has 2 heterocycles. The highest BCUT2D eigenvalue weighted by molar-refractivity contribution is 7.09. The fourth-order valence-electron chi connectivity index (χ4n) is 2.54. The molecule has 0 aliphatic heterocycles. The third-order valence-electron chi connectivity index (χ3n) is 3.57. The van der Waals surface area contributed by atoms with Crippen molar-refractivity contribution in [1.82, 2.24) is 9.97 Å². The predicted octanol–water partition coefficient (Wildman–Crippen LogP) is 5.13. The van der Waals surface area contributed by atoms with Crippen molar-refractivity contribution in [3.05, 3.63) is 51.1 Å². The second kappa shape index (κ2) is 5.62. The lowest BCUT2D eigenvalue weighted by molar-refractivity contribution is 0.892. The van der Waals surface area contributed by atoms with Crippen molar-refractivity contribution in [3.63, 3.8) is 0 Å². The minimum absolute atomic E-state index is 0.154. The Hall–Kier alpha value is -1.65. The topological polar surface area (TPSA) is 37.8 Å². The van der Waals surface area contributed by atoms with Crippen LogP contribution in [0.3, 0.4) is 0 Å². The first-order valence-corrected chi connectivity index (χ1v) is 8.04. The van der Waals surface area contributed by atoms with E-state index in [0.29, 0.717) is 0 Å². The number of anilines is 1. The van der Waals surface area contributed by atoms with Crippen LogP contribution in [-0.4, -0.2) is 9.97 Å². The summed E-state index contributed by atoms with van der Waals surface area (Å²) in [6, 6.07) is 6.11. The Bertz CT molecular complexity index is 797. The van der Waals surface area contributed by atoms with Crippen molar-refractivity contribution in [2.24, 2.45) is 0 Å². The van der Waals surface area contributed by atoms with E-state index >= 15 is 0 Å². The Morgan fingerprint density at radius 3 is 2.81 bits per heavy atom. The first-order valence-electron chi connectivity index (χ1n) is 6.78. The van der Waals surface area contributed by atoms with Crippen molar-refractivity contribution in [2.75, 3.05) is 5.32 Å². The first kappa shape index (κ1) is 14.3. The van der Waals surface area contributed by atoms with Crippen LogP contribution < -0.4 is 5.32 Å². The molecule has 0 spiro atoms. The number of halogens is 1. The van der Waals surface area contributed by atoms with Crippen molar-refractivity contribution in [1.29, 1.82) is 0 Å². The zero-order chi connectivity index (χ0) is 15.0. The molecule has 1 atom stereocenters. The zero-order valence-electron chi connectivity index (χ0n) is 12.1. The maximum Gasteiger partial charge on any atom is 0.0798 e. The van der Waals surface area contributed by atoms with Gasteiger partial charge >= 0.3 is 0 Å². The minimum Gasteiger partial charge on any atom is -0.376 e. The largest absolute Gasteiger partial charge is 0.376 e. The molecular weight excluding hydrogens is 302 g/mol. The van der Waals surface area contributed by atoms with Crippen LogP contribution in [-0.2, 0) is 0 Å². The average molecular weight is 318 g/mol. The lowest BCUT2D eigenvalue weighted by Crippen LogP contribution is -2.07. The van der Waals surface area contributed by atoms with Crippen molar-refractivity contribution >= 4 is 39.5 Å². The number of hydrogen-bond donors (Lipinski definition) is 1. The molecule has 3 aromatic rings. The number of aryl methyl sites for hydroxylation is 2. The molecule has 0 aliphatic rings. The van der Waals surface area contributed by atoms with Crippen LogP contribution >= 0.6 is 22.9 Å². The molecule has 0 aliphatic carbocycles. The maximum absolute atomic E-state index is 6.45. The molecule has 0 radical (unpaired) electrons. The molecule has 0 saturated carbocycles. The number of benzene rings is 1. The first-order chi connectivity index (χ1) is 10.1. The number of rotatable bonds is 3. The fraction of sp³-hybridized carbons (Fsp3) is 0.250. The summed E-state index contributed by atoms with van der Waals surface area (Å²) in [4.78, 5) is 10.00. The number of fused-ring (bicyclic) bond motifs is 1. The lowest BCUT2D eigenvalue weighted by atomic mass is 10.1. The van der Waals surface area contributed by atoms with Gasteiger partial charge < -0.3 is 5.32 Å². The predicted molar refractivity (Wildman–Crippen MR) is 90.4 cm³/mol.